The number of carboxylic acid groups (broad SMARTS) is 2. The molecule has 1 unspecified atom stereocenters. The Hall–Kier alpha value is -2.19. The molecule has 0 radical (unpaired) electrons. The van der Waals surface area contributed by atoms with Gasteiger partial charge in [-0.1, -0.05) is 26.0 Å². The molecule has 0 heterocycles. The van der Waals surface area contributed by atoms with Crippen LogP contribution in [0.1, 0.15) is 19.4 Å². The molecule has 1 aromatic carbocycles. The summed E-state index contributed by atoms with van der Waals surface area (Å²) in [6, 6.07) is 4.20. The Balaban J connectivity index is 2.99. The highest BCUT2D eigenvalue weighted by Gasteiger charge is 2.27. The van der Waals surface area contributed by atoms with Crippen LogP contribution in [-0.2, 0) is 19.6 Å². The molecule has 1 atom stereocenters. The van der Waals surface area contributed by atoms with Crippen molar-refractivity contribution in [3.8, 4) is 0 Å². The summed E-state index contributed by atoms with van der Waals surface area (Å²) in [4.78, 5) is 21.4. The van der Waals surface area contributed by atoms with E-state index in [4.69, 9.17) is 10.2 Å². The molecule has 0 fully saturated rings. The predicted octanol–water partition coefficient (Wildman–Crippen LogP) is 1.17. The molecule has 22 heavy (non-hydrogen) atoms. The molecule has 0 aliphatic carbocycles. The van der Waals surface area contributed by atoms with Crippen LogP contribution in [0.25, 0.3) is 6.08 Å². The van der Waals surface area contributed by atoms with Crippen molar-refractivity contribution in [3.05, 3.63) is 35.9 Å². The van der Waals surface area contributed by atoms with Crippen LogP contribution in [0.3, 0.4) is 0 Å². The van der Waals surface area contributed by atoms with Gasteiger partial charge in [0, 0.05) is 6.08 Å². The quantitative estimate of drug-likeness (QED) is 0.647. The fourth-order valence-corrected chi connectivity index (χ4v) is 2.97. The molecule has 0 saturated heterocycles. The standard InChI is InChI=1S/C14H17NO6S/c1-9(2)13(14(18)19)15-22(20,21)11-6-3-10(4-7-11)5-8-12(16)17/h3-9,13,15H,1-2H3,(H,16,17)(H,18,19)/b8-5+. The number of sulfonamides is 1. The van der Waals surface area contributed by atoms with Gasteiger partial charge in [-0.3, -0.25) is 4.79 Å². The van der Waals surface area contributed by atoms with Crippen LogP contribution >= 0.6 is 0 Å². The summed E-state index contributed by atoms with van der Waals surface area (Å²) in [5.74, 6) is -2.77. The zero-order chi connectivity index (χ0) is 16.9. The van der Waals surface area contributed by atoms with Crippen LogP contribution in [0, 0.1) is 5.92 Å². The average molecular weight is 327 g/mol. The summed E-state index contributed by atoms with van der Waals surface area (Å²) in [7, 11) is -3.97. The second kappa shape index (κ2) is 7.19. The maximum Gasteiger partial charge on any atom is 0.328 e. The molecule has 0 aliphatic heterocycles. The maximum atomic E-state index is 12.1. The Morgan fingerprint density at radius 3 is 2.09 bits per heavy atom. The van der Waals surface area contributed by atoms with E-state index in [1.807, 2.05) is 0 Å². The summed E-state index contributed by atoms with van der Waals surface area (Å²) in [5.41, 5.74) is 0.514. The Morgan fingerprint density at radius 1 is 1.14 bits per heavy atom. The largest absolute Gasteiger partial charge is 0.480 e. The van der Waals surface area contributed by atoms with Crippen molar-refractivity contribution in [3.63, 3.8) is 0 Å². The Morgan fingerprint density at radius 2 is 1.68 bits per heavy atom. The van der Waals surface area contributed by atoms with Crippen molar-refractivity contribution >= 4 is 28.0 Å². The Bertz CT molecular complexity index is 676. The van der Waals surface area contributed by atoms with Crippen molar-refractivity contribution < 1.29 is 28.2 Å². The molecule has 0 amide bonds. The number of hydrogen-bond acceptors (Lipinski definition) is 4. The normalized spacial score (nSPS) is 13.4. The third-order valence-electron chi connectivity index (χ3n) is 2.82. The monoisotopic (exact) mass is 327 g/mol. The summed E-state index contributed by atoms with van der Waals surface area (Å²) < 4.78 is 26.4. The Labute approximate surface area is 128 Å². The minimum absolute atomic E-state index is 0.0909. The van der Waals surface area contributed by atoms with Gasteiger partial charge in [-0.25, -0.2) is 13.2 Å². The van der Waals surface area contributed by atoms with Crippen LogP contribution < -0.4 is 4.72 Å². The number of benzene rings is 1. The lowest BCUT2D eigenvalue weighted by atomic mass is 10.1. The number of rotatable bonds is 7. The van der Waals surface area contributed by atoms with Gasteiger partial charge in [0.15, 0.2) is 0 Å². The molecule has 7 nitrogen and oxygen atoms in total. The van der Waals surface area contributed by atoms with E-state index in [0.717, 1.165) is 6.08 Å². The van der Waals surface area contributed by atoms with Crippen molar-refractivity contribution in [2.75, 3.05) is 0 Å². The van der Waals surface area contributed by atoms with Crippen LogP contribution in [0.5, 0.6) is 0 Å². The number of hydrogen-bond donors (Lipinski definition) is 3. The first-order valence-electron chi connectivity index (χ1n) is 6.39. The summed E-state index contributed by atoms with van der Waals surface area (Å²) in [6.45, 7) is 3.20. The van der Waals surface area contributed by atoms with Crippen molar-refractivity contribution in [1.82, 2.24) is 4.72 Å². The number of nitrogens with one attached hydrogen (secondary N) is 1. The number of aliphatic carboxylic acids is 2. The molecule has 0 bridgehead atoms. The summed E-state index contributed by atoms with van der Waals surface area (Å²) in [5, 5.41) is 17.5. The third-order valence-corrected chi connectivity index (χ3v) is 4.28. The molecule has 3 N–H and O–H groups in total. The van der Waals surface area contributed by atoms with Crippen LogP contribution in [-0.4, -0.2) is 36.6 Å². The molecule has 0 spiro atoms. The first-order valence-corrected chi connectivity index (χ1v) is 7.88. The van der Waals surface area contributed by atoms with Gasteiger partial charge in [0.05, 0.1) is 4.90 Å². The smallest absolute Gasteiger partial charge is 0.328 e. The summed E-state index contributed by atoms with van der Waals surface area (Å²) >= 11 is 0. The van der Waals surface area contributed by atoms with E-state index in [0.29, 0.717) is 5.56 Å². The van der Waals surface area contributed by atoms with E-state index in [1.165, 1.54) is 30.3 Å². The minimum Gasteiger partial charge on any atom is -0.480 e. The van der Waals surface area contributed by atoms with Gasteiger partial charge in [-0.15, -0.1) is 0 Å². The van der Waals surface area contributed by atoms with Crippen LogP contribution in [0.15, 0.2) is 35.2 Å². The van der Waals surface area contributed by atoms with E-state index in [2.05, 4.69) is 4.72 Å². The molecule has 0 aromatic heterocycles. The van der Waals surface area contributed by atoms with Crippen LogP contribution in [0.4, 0.5) is 0 Å². The lowest BCUT2D eigenvalue weighted by Gasteiger charge is -2.18. The van der Waals surface area contributed by atoms with E-state index in [-0.39, 0.29) is 4.90 Å². The highest BCUT2D eigenvalue weighted by Crippen LogP contribution is 2.14. The van der Waals surface area contributed by atoms with Gasteiger partial charge >= 0.3 is 11.9 Å². The highest BCUT2D eigenvalue weighted by molar-refractivity contribution is 7.89. The minimum atomic E-state index is -3.97. The molecule has 0 saturated carbocycles. The fourth-order valence-electron chi connectivity index (χ4n) is 1.63. The summed E-state index contributed by atoms with van der Waals surface area (Å²) in [6.07, 6.45) is 2.25. The molecular weight excluding hydrogens is 310 g/mol. The van der Waals surface area contributed by atoms with Crippen molar-refractivity contribution in [2.24, 2.45) is 5.92 Å². The molecular formula is C14H17NO6S. The molecule has 0 aliphatic rings. The second-order valence-corrected chi connectivity index (χ2v) is 6.64. The van der Waals surface area contributed by atoms with Gasteiger partial charge in [0.25, 0.3) is 0 Å². The number of carboxylic acids is 2. The van der Waals surface area contributed by atoms with Crippen LogP contribution in [0.2, 0.25) is 0 Å². The average Bonchev–Trinajstić information content (AvgIpc) is 2.42. The highest BCUT2D eigenvalue weighted by atomic mass is 32.2. The fraction of sp³-hybridized carbons (Fsp3) is 0.286. The van der Waals surface area contributed by atoms with E-state index < -0.39 is 33.9 Å². The SMILES string of the molecule is CC(C)C(NS(=O)(=O)c1ccc(/C=C/C(=O)O)cc1)C(=O)O. The third kappa shape index (κ3) is 4.97. The van der Waals surface area contributed by atoms with Gasteiger partial charge in [-0.05, 0) is 29.7 Å². The van der Waals surface area contributed by atoms with Gasteiger partial charge < -0.3 is 10.2 Å². The zero-order valence-electron chi connectivity index (χ0n) is 12.1. The van der Waals surface area contributed by atoms with Gasteiger partial charge in [-0.2, -0.15) is 4.72 Å². The van der Waals surface area contributed by atoms with Crippen molar-refractivity contribution in [1.29, 1.82) is 0 Å². The number of carbonyl (C=O) groups is 2. The lowest BCUT2D eigenvalue weighted by molar-refractivity contribution is -0.140. The molecule has 1 rings (SSSR count). The maximum absolute atomic E-state index is 12.1. The van der Waals surface area contributed by atoms with E-state index in [1.54, 1.807) is 13.8 Å². The Kier molecular flexibility index (Phi) is 5.84. The molecule has 120 valence electrons. The van der Waals surface area contributed by atoms with Crippen molar-refractivity contribution in [2.45, 2.75) is 24.8 Å². The lowest BCUT2D eigenvalue weighted by Crippen LogP contribution is -2.44. The topological polar surface area (TPSA) is 121 Å². The van der Waals surface area contributed by atoms with Gasteiger partial charge in [0.1, 0.15) is 6.04 Å². The van der Waals surface area contributed by atoms with E-state index >= 15 is 0 Å². The zero-order valence-corrected chi connectivity index (χ0v) is 12.9. The molecule has 1 aromatic rings. The van der Waals surface area contributed by atoms with Gasteiger partial charge in [0.2, 0.25) is 10.0 Å². The molecule has 8 heteroatoms. The first kappa shape index (κ1) is 17.9. The first-order chi connectivity index (χ1) is 10.1. The second-order valence-electron chi connectivity index (χ2n) is 4.92. The predicted molar refractivity (Wildman–Crippen MR) is 79.7 cm³/mol. The van der Waals surface area contributed by atoms with E-state index in [9.17, 15) is 18.0 Å².